The van der Waals surface area contributed by atoms with E-state index in [2.05, 4.69) is 0 Å². The molecule has 3 nitrogen and oxygen atoms in total. The minimum atomic E-state index is 0.0998. The Bertz CT molecular complexity index is 705. The summed E-state index contributed by atoms with van der Waals surface area (Å²) in [4.78, 5) is 16.5. The Morgan fingerprint density at radius 2 is 2.09 bits per heavy atom. The number of aryl methyl sites for hydroxylation is 1. The number of rotatable bonds is 3. The lowest BCUT2D eigenvalue weighted by molar-refractivity contribution is 0.0655. The number of carbonyl (C=O) groups is 1. The van der Waals surface area contributed by atoms with E-state index in [-0.39, 0.29) is 12.5 Å². The summed E-state index contributed by atoms with van der Waals surface area (Å²) in [6.07, 6.45) is 1.77. The molecule has 1 fully saturated rings. The van der Waals surface area contributed by atoms with Crippen molar-refractivity contribution >= 4 is 28.8 Å². The zero-order valence-corrected chi connectivity index (χ0v) is 14.7. The first-order valence-electron chi connectivity index (χ1n) is 7.85. The molecule has 1 aromatic heterocycles. The monoisotopic (exact) mass is 349 g/mol. The van der Waals surface area contributed by atoms with Crippen LogP contribution in [0.25, 0.3) is 10.4 Å². The Balaban J connectivity index is 1.79. The van der Waals surface area contributed by atoms with E-state index in [9.17, 15) is 9.90 Å². The van der Waals surface area contributed by atoms with Crippen LogP contribution in [0.3, 0.4) is 0 Å². The third kappa shape index (κ3) is 3.60. The van der Waals surface area contributed by atoms with Gasteiger partial charge in [0.1, 0.15) is 0 Å². The zero-order valence-electron chi connectivity index (χ0n) is 13.1. The predicted molar refractivity (Wildman–Crippen MR) is 95.2 cm³/mol. The highest BCUT2D eigenvalue weighted by Crippen LogP contribution is 2.34. The maximum absolute atomic E-state index is 12.7. The number of halogens is 1. The first kappa shape index (κ1) is 16.5. The van der Waals surface area contributed by atoms with E-state index in [1.165, 1.54) is 11.3 Å². The van der Waals surface area contributed by atoms with E-state index < -0.39 is 0 Å². The molecule has 0 bridgehead atoms. The summed E-state index contributed by atoms with van der Waals surface area (Å²) in [5.41, 5.74) is 2.16. The summed E-state index contributed by atoms with van der Waals surface area (Å²) in [6, 6.07) is 9.71. The SMILES string of the molecule is Cc1cc(C(=O)N2CCC(CO)CC2)sc1-c1cccc(Cl)c1. The lowest BCUT2D eigenvalue weighted by atomic mass is 9.98. The average Bonchev–Trinajstić information content (AvgIpc) is 2.96. The number of benzene rings is 1. The summed E-state index contributed by atoms with van der Waals surface area (Å²) in [7, 11) is 0. The van der Waals surface area contributed by atoms with Gasteiger partial charge in [-0.15, -0.1) is 11.3 Å². The maximum Gasteiger partial charge on any atom is 0.263 e. The van der Waals surface area contributed by atoms with Crippen LogP contribution < -0.4 is 0 Å². The largest absolute Gasteiger partial charge is 0.396 e. The van der Waals surface area contributed by atoms with Gasteiger partial charge in [0.2, 0.25) is 0 Å². The normalized spacial score (nSPS) is 15.9. The molecule has 5 heteroatoms. The summed E-state index contributed by atoms with van der Waals surface area (Å²) in [5, 5.41) is 9.91. The summed E-state index contributed by atoms with van der Waals surface area (Å²) in [6.45, 7) is 3.71. The van der Waals surface area contributed by atoms with Crippen molar-refractivity contribution in [2.24, 2.45) is 5.92 Å². The Kier molecular flexibility index (Phi) is 5.05. The lowest BCUT2D eigenvalue weighted by Gasteiger charge is -2.30. The number of aliphatic hydroxyl groups is 1. The van der Waals surface area contributed by atoms with Gasteiger partial charge in [-0.25, -0.2) is 0 Å². The predicted octanol–water partition coefficient (Wildman–Crippen LogP) is 4.22. The lowest BCUT2D eigenvalue weighted by Crippen LogP contribution is -2.38. The van der Waals surface area contributed by atoms with Crippen molar-refractivity contribution in [3.8, 4) is 10.4 Å². The average molecular weight is 350 g/mol. The van der Waals surface area contributed by atoms with E-state index in [1.54, 1.807) is 0 Å². The molecule has 1 amide bonds. The first-order chi connectivity index (χ1) is 11.1. The molecule has 1 aromatic carbocycles. The molecule has 1 aliphatic heterocycles. The second-order valence-corrected chi connectivity index (χ2v) is 7.54. The van der Waals surface area contributed by atoms with E-state index in [1.807, 2.05) is 42.2 Å². The van der Waals surface area contributed by atoms with Gasteiger partial charge in [0, 0.05) is 29.6 Å². The third-order valence-electron chi connectivity index (χ3n) is 4.38. The van der Waals surface area contributed by atoms with Crippen LogP contribution in [-0.4, -0.2) is 35.6 Å². The minimum absolute atomic E-state index is 0.0998. The number of likely N-dealkylation sites (tertiary alicyclic amines) is 1. The van der Waals surface area contributed by atoms with Crippen molar-refractivity contribution < 1.29 is 9.90 Å². The first-order valence-corrected chi connectivity index (χ1v) is 9.04. The molecular formula is C18H20ClNO2S. The molecule has 1 N–H and O–H groups in total. The van der Waals surface area contributed by atoms with E-state index in [0.717, 1.165) is 46.8 Å². The smallest absolute Gasteiger partial charge is 0.263 e. The number of aliphatic hydroxyl groups excluding tert-OH is 1. The highest BCUT2D eigenvalue weighted by Gasteiger charge is 2.25. The summed E-state index contributed by atoms with van der Waals surface area (Å²) < 4.78 is 0. The number of piperidine rings is 1. The van der Waals surface area contributed by atoms with Gasteiger partial charge in [0.05, 0.1) is 4.88 Å². The highest BCUT2D eigenvalue weighted by molar-refractivity contribution is 7.17. The second-order valence-electron chi connectivity index (χ2n) is 6.05. The molecule has 2 heterocycles. The maximum atomic E-state index is 12.7. The van der Waals surface area contributed by atoms with Crippen molar-refractivity contribution in [1.82, 2.24) is 4.90 Å². The molecule has 122 valence electrons. The van der Waals surface area contributed by atoms with Crippen LogP contribution in [0.2, 0.25) is 5.02 Å². The zero-order chi connectivity index (χ0) is 16.4. The van der Waals surface area contributed by atoms with E-state index in [0.29, 0.717) is 10.9 Å². The fraction of sp³-hybridized carbons (Fsp3) is 0.389. The van der Waals surface area contributed by atoms with Crippen LogP contribution >= 0.6 is 22.9 Å². The molecule has 0 unspecified atom stereocenters. The van der Waals surface area contributed by atoms with Gasteiger partial charge >= 0.3 is 0 Å². The van der Waals surface area contributed by atoms with Gasteiger partial charge in [-0.1, -0.05) is 23.7 Å². The number of amides is 1. The van der Waals surface area contributed by atoms with Gasteiger partial charge in [0.25, 0.3) is 5.91 Å². The number of thiophene rings is 1. The van der Waals surface area contributed by atoms with Crippen LogP contribution in [0.15, 0.2) is 30.3 Å². The van der Waals surface area contributed by atoms with Crippen LogP contribution in [-0.2, 0) is 0 Å². The molecule has 3 rings (SSSR count). The summed E-state index contributed by atoms with van der Waals surface area (Å²) in [5.74, 6) is 0.439. The number of nitrogens with zero attached hydrogens (tertiary/aromatic N) is 1. The third-order valence-corrected chi connectivity index (χ3v) is 5.88. The van der Waals surface area contributed by atoms with Crippen molar-refractivity contribution in [2.75, 3.05) is 19.7 Å². The molecule has 0 atom stereocenters. The standard InChI is InChI=1S/C18H20ClNO2S/c1-12-9-16(18(22)20-7-5-13(11-21)6-8-20)23-17(12)14-3-2-4-15(19)10-14/h2-4,9-10,13,21H,5-8,11H2,1H3. The van der Waals surface area contributed by atoms with Gasteiger partial charge in [-0.05, 0) is 55.0 Å². The van der Waals surface area contributed by atoms with Gasteiger partial charge < -0.3 is 10.0 Å². The van der Waals surface area contributed by atoms with Gasteiger partial charge in [-0.3, -0.25) is 4.79 Å². The van der Waals surface area contributed by atoms with Crippen LogP contribution in [0.4, 0.5) is 0 Å². The van der Waals surface area contributed by atoms with Crippen molar-refractivity contribution in [1.29, 1.82) is 0 Å². The number of carbonyl (C=O) groups excluding carboxylic acids is 1. The Hall–Kier alpha value is -1.36. The quantitative estimate of drug-likeness (QED) is 0.901. The molecule has 0 saturated carbocycles. The molecule has 0 radical (unpaired) electrons. The van der Waals surface area contributed by atoms with Crippen molar-refractivity contribution in [2.45, 2.75) is 19.8 Å². The van der Waals surface area contributed by atoms with Crippen molar-refractivity contribution in [3.05, 3.63) is 45.8 Å². The minimum Gasteiger partial charge on any atom is -0.396 e. The molecule has 23 heavy (non-hydrogen) atoms. The topological polar surface area (TPSA) is 40.5 Å². The fourth-order valence-electron chi connectivity index (χ4n) is 2.98. The molecule has 1 aliphatic rings. The van der Waals surface area contributed by atoms with Gasteiger partial charge in [0.15, 0.2) is 0 Å². The van der Waals surface area contributed by atoms with E-state index >= 15 is 0 Å². The highest BCUT2D eigenvalue weighted by atomic mass is 35.5. The van der Waals surface area contributed by atoms with Gasteiger partial charge in [-0.2, -0.15) is 0 Å². The summed E-state index contributed by atoms with van der Waals surface area (Å²) >= 11 is 7.60. The molecule has 2 aromatic rings. The fourth-order valence-corrected chi connectivity index (χ4v) is 4.31. The molecule has 1 saturated heterocycles. The van der Waals surface area contributed by atoms with Crippen LogP contribution in [0.1, 0.15) is 28.1 Å². The Labute approximate surface area is 145 Å². The Morgan fingerprint density at radius 1 is 1.35 bits per heavy atom. The Morgan fingerprint density at radius 3 is 2.74 bits per heavy atom. The van der Waals surface area contributed by atoms with Crippen molar-refractivity contribution in [3.63, 3.8) is 0 Å². The molecule has 0 aliphatic carbocycles. The number of hydrogen-bond donors (Lipinski definition) is 1. The van der Waals surface area contributed by atoms with E-state index in [4.69, 9.17) is 11.6 Å². The molecular weight excluding hydrogens is 330 g/mol. The van der Waals surface area contributed by atoms with Crippen LogP contribution in [0.5, 0.6) is 0 Å². The number of hydrogen-bond acceptors (Lipinski definition) is 3. The molecule has 0 spiro atoms. The second kappa shape index (κ2) is 7.04. The van der Waals surface area contributed by atoms with Crippen LogP contribution in [0, 0.1) is 12.8 Å².